The van der Waals surface area contributed by atoms with Crippen molar-refractivity contribution < 1.29 is 4.74 Å². The highest BCUT2D eigenvalue weighted by atomic mass is 16.5. The van der Waals surface area contributed by atoms with Crippen molar-refractivity contribution >= 4 is 0 Å². The van der Waals surface area contributed by atoms with Crippen LogP contribution in [-0.2, 0) is 0 Å². The van der Waals surface area contributed by atoms with Crippen LogP contribution in [0.4, 0.5) is 0 Å². The fourth-order valence-corrected chi connectivity index (χ4v) is 2.81. The van der Waals surface area contributed by atoms with Gasteiger partial charge < -0.3 is 10.1 Å². The molecule has 0 radical (unpaired) electrons. The first kappa shape index (κ1) is 12.4. The van der Waals surface area contributed by atoms with E-state index in [1.165, 1.54) is 17.5 Å². The molecule has 0 heterocycles. The summed E-state index contributed by atoms with van der Waals surface area (Å²) in [6.45, 7) is 7.95. The van der Waals surface area contributed by atoms with Crippen LogP contribution in [0, 0.1) is 5.92 Å². The van der Waals surface area contributed by atoms with Crippen LogP contribution in [0.25, 0.3) is 0 Å². The van der Waals surface area contributed by atoms with Gasteiger partial charge in [0.25, 0.3) is 0 Å². The Labute approximate surface area is 104 Å². The molecule has 94 valence electrons. The van der Waals surface area contributed by atoms with Crippen molar-refractivity contribution in [2.45, 2.75) is 39.2 Å². The van der Waals surface area contributed by atoms with Crippen LogP contribution in [-0.4, -0.2) is 13.7 Å². The Bertz CT molecular complexity index is 389. The van der Waals surface area contributed by atoms with Gasteiger partial charge in [0.2, 0.25) is 0 Å². The summed E-state index contributed by atoms with van der Waals surface area (Å²) < 4.78 is 5.33. The summed E-state index contributed by atoms with van der Waals surface area (Å²) in [4.78, 5) is 0. The van der Waals surface area contributed by atoms with E-state index in [1.807, 2.05) is 0 Å². The summed E-state index contributed by atoms with van der Waals surface area (Å²) in [7, 11) is 1.73. The molecule has 2 heteroatoms. The maximum atomic E-state index is 5.33. The van der Waals surface area contributed by atoms with Gasteiger partial charge in [-0.05, 0) is 48.1 Å². The molecule has 2 rings (SSSR count). The van der Waals surface area contributed by atoms with Crippen LogP contribution in [0.1, 0.15) is 50.3 Å². The van der Waals surface area contributed by atoms with Gasteiger partial charge in [-0.3, -0.25) is 0 Å². The highest BCUT2D eigenvalue weighted by Gasteiger charge is 2.34. The van der Waals surface area contributed by atoms with Gasteiger partial charge in [-0.1, -0.05) is 26.8 Å². The molecule has 2 nitrogen and oxygen atoms in total. The van der Waals surface area contributed by atoms with Gasteiger partial charge >= 0.3 is 0 Å². The maximum Gasteiger partial charge on any atom is 0.119 e. The topological polar surface area (TPSA) is 21.3 Å². The third-order valence-corrected chi connectivity index (χ3v) is 4.05. The van der Waals surface area contributed by atoms with E-state index in [4.69, 9.17) is 4.74 Å². The zero-order chi connectivity index (χ0) is 12.4. The molecule has 0 fully saturated rings. The summed E-state index contributed by atoms with van der Waals surface area (Å²) >= 11 is 0. The molecular formula is C15H23NO. The molecule has 0 saturated heterocycles. The van der Waals surface area contributed by atoms with Crippen molar-refractivity contribution in [1.29, 1.82) is 0 Å². The van der Waals surface area contributed by atoms with E-state index >= 15 is 0 Å². The van der Waals surface area contributed by atoms with Crippen molar-refractivity contribution in [3.8, 4) is 5.75 Å². The number of benzene rings is 1. The quantitative estimate of drug-likeness (QED) is 0.859. The van der Waals surface area contributed by atoms with E-state index in [2.05, 4.69) is 44.3 Å². The summed E-state index contributed by atoms with van der Waals surface area (Å²) in [5.74, 6) is 2.25. The van der Waals surface area contributed by atoms with Crippen molar-refractivity contribution in [1.82, 2.24) is 5.32 Å². The number of fused-ring (bicyclic) bond motifs is 1. The standard InChI is InChI=1S/C15H23NO/c1-5-8-16-15-11(3)10(2)13-7-6-12(17-4)9-14(13)15/h6-7,9-11,15-16H,5,8H2,1-4H3. The van der Waals surface area contributed by atoms with Crippen LogP contribution in [0.2, 0.25) is 0 Å². The third kappa shape index (κ3) is 2.19. The largest absolute Gasteiger partial charge is 0.497 e. The molecule has 17 heavy (non-hydrogen) atoms. The Morgan fingerprint density at radius 1 is 1.24 bits per heavy atom. The van der Waals surface area contributed by atoms with Crippen LogP contribution in [0.3, 0.4) is 0 Å². The smallest absolute Gasteiger partial charge is 0.119 e. The van der Waals surface area contributed by atoms with Gasteiger partial charge in [0.15, 0.2) is 0 Å². The van der Waals surface area contributed by atoms with Crippen molar-refractivity contribution in [2.75, 3.05) is 13.7 Å². The molecule has 1 aromatic rings. The summed E-state index contributed by atoms with van der Waals surface area (Å²) in [5.41, 5.74) is 2.91. The zero-order valence-corrected chi connectivity index (χ0v) is 11.3. The van der Waals surface area contributed by atoms with Crippen LogP contribution in [0.15, 0.2) is 18.2 Å². The van der Waals surface area contributed by atoms with E-state index in [1.54, 1.807) is 7.11 Å². The normalized spacial score (nSPS) is 26.9. The number of rotatable bonds is 4. The van der Waals surface area contributed by atoms with E-state index in [0.717, 1.165) is 12.3 Å². The average Bonchev–Trinajstić information content (AvgIpc) is 2.59. The van der Waals surface area contributed by atoms with Gasteiger partial charge in [-0.25, -0.2) is 0 Å². The monoisotopic (exact) mass is 233 g/mol. The first-order chi connectivity index (χ1) is 8.19. The number of hydrogen-bond acceptors (Lipinski definition) is 2. The molecule has 0 spiro atoms. The Kier molecular flexibility index (Phi) is 3.72. The molecule has 1 aromatic carbocycles. The minimum Gasteiger partial charge on any atom is -0.497 e. The Balaban J connectivity index is 2.31. The SMILES string of the molecule is CCCNC1c2cc(OC)ccc2C(C)C1C. The summed E-state index contributed by atoms with van der Waals surface area (Å²) in [6.07, 6.45) is 1.18. The first-order valence-electron chi connectivity index (χ1n) is 6.60. The minimum atomic E-state index is 0.482. The molecule has 1 aliphatic carbocycles. The molecule has 3 unspecified atom stereocenters. The second kappa shape index (κ2) is 5.09. The first-order valence-corrected chi connectivity index (χ1v) is 6.60. The van der Waals surface area contributed by atoms with Gasteiger partial charge in [0, 0.05) is 6.04 Å². The Morgan fingerprint density at radius 3 is 2.65 bits per heavy atom. The average molecular weight is 233 g/mol. The highest BCUT2D eigenvalue weighted by Crippen LogP contribution is 2.45. The molecule has 0 aliphatic heterocycles. The lowest BCUT2D eigenvalue weighted by Gasteiger charge is -2.20. The van der Waals surface area contributed by atoms with Crippen molar-refractivity contribution in [3.05, 3.63) is 29.3 Å². The molecule has 1 N–H and O–H groups in total. The second-order valence-corrected chi connectivity index (χ2v) is 5.07. The van der Waals surface area contributed by atoms with Crippen molar-refractivity contribution in [2.24, 2.45) is 5.92 Å². The molecule has 0 bridgehead atoms. The van der Waals surface area contributed by atoms with Gasteiger partial charge in [-0.15, -0.1) is 0 Å². The predicted octanol–water partition coefficient (Wildman–Crippen LogP) is 3.49. The lowest BCUT2D eigenvalue weighted by atomic mass is 9.94. The lowest BCUT2D eigenvalue weighted by Crippen LogP contribution is -2.25. The number of nitrogens with one attached hydrogen (secondary N) is 1. The molecule has 0 saturated carbocycles. The molecular weight excluding hydrogens is 210 g/mol. The number of hydrogen-bond donors (Lipinski definition) is 1. The Hall–Kier alpha value is -1.02. The fourth-order valence-electron chi connectivity index (χ4n) is 2.81. The third-order valence-electron chi connectivity index (χ3n) is 4.05. The molecule has 3 atom stereocenters. The van der Waals surface area contributed by atoms with Gasteiger partial charge in [-0.2, -0.15) is 0 Å². The van der Waals surface area contributed by atoms with Crippen LogP contribution in [0.5, 0.6) is 5.75 Å². The number of ether oxygens (including phenoxy) is 1. The van der Waals surface area contributed by atoms with Gasteiger partial charge in [0.05, 0.1) is 7.11 Å². The molecule has 0 aromatic heterocycles. The Morgan fingerprint density at radius 2 is 2.00 bits per heavy atom. The summed E-state index contributed by atoms with van der Waals surface area (Å²) in [5, 5.41) is 3.66. The fraction of sp³-hybridized carbons (Fsp3) is 0.600. The minimum absolute atomic E-state index is 0.482. The van der Waals surface area contributed by atoms with Gasteiger partial charge in [0.1, 0.15) is 5.75 Å². The molecule has 0 amide bonds. The molecule has 1 aliphatic rings. The summed E-state index contributed by atoms with van der Waals surface area (Å²) in [6, 6.07) is 6.98. The van der Waals surface area contributed by atoms with Crippen LogP contribution >= 0.6 is 0 Å². The van der Waals surface area contributed by atoms with E-state index in [-0.39, 0.29) is 0 Å². The lowest BCUT2D eigenvalue weighted by molar-refractivity contribution is 0.379. The van der Waals surface area contributed by atoms with E-state index < -0.39 is 0 Å². The highest BCUT2D eigenvalue weighted by molar-refractivity contribution is 5.44. The zero-order valence-electron chi connectivity index (χ0n) is 11.3. The second-order valence-electron chi connectivity index (χ2n) is 5.07. The van der Waals surface area contributed by atoms with E-state index in [9.17, 15) is 0 Å². The van der Waals surface area contributed by atoms with E-state index in [0.29, 0.717) is 17.9 Å². The van der Waals surface area contributed by atoms with Crippen molar-refractivity contribution in [3.63, 3.8) is 0 Å². The predicted molar refractivity (Wildman–Crippen MR) is 71.6 cm³/mol. The van der Waals surface area contributed by atoms with Crippen LogP contribution < -0.4 is 10.1 Å². The maximum absolute atomic E-state index is 5.33. The number of methoxy groups -OCH3 is 1.